The quantitative estimate of drug-likeness (QED) is 0.591. The van der Waals surface area contributed by atoms with Crippen LogP contribution in [-0.4, -0.2) is 36.3 Å². The summed E-state index contributed by atoms with van der Waals surface area (Å²) in [5, 5.41) is 0. The number of aryl methyl sites for hydroxylation is 1. The number of hydrogen-bond acceptors (Lipinski definition) is 4. The highest BCUT2D eigenvalue weighted by Gasteiger charge is 2.32. The number of amides is 1. The van der Waals surface area contributed by atoms with Crippen molar-refractivity contribution < 1.29 is 13.2 Å². The molecule has 3 aromatic rings. The van der Waals surface area contributed by atoms with Crippen molar-refractivity contribution in [2.75, 3.05) is 13.1 Å². The number of sulfonamides is 1. The van der Waals surface area contributed by atoms with Gasteiger partial charge < -0.3 is 4.57 Å². The number of carbonyl (C=O) groups is 1. The summed E-state index contributed by atoms with van der Waals surface area (Å²) in [6.07, 6.45) is 1.02. The summed E-state index contributed by atoms with van der Waals surface area (Å²) in [5.41, 5.74) is 1.31. The Morgan fingerprint density at radius 3 is 2.52 bits per heavy atom. The summed E-state index contributed by atoms with van der Waals surface area (Å²) in [5.74, 6) is 0.192. The molecule has 1 aromatic heterocycles. The average Bonchev–Trinajstić information content (AvgIpc) is 3.10. The number of rotatable bonds is 4. The normalized spacial score (nSPS) is 20.9. The number of hydrogen-bond donors (Lipinski definition) is 0. The summed E-state index contributed by atoms with van der Waals surface area (Å²) < 4.78 is 31.0. The molecule has 0 radical (unpaired) electrons. The molecule has 31 heavy (non-hydrogen) atoms. The van der Waals surface area contributed by atoms with Crippen LogP contribution in [0.25, 0.3) is 10.2 Å². The molecule has 4 rings (SSSR count). The Morgan fingerprint density at radius 1 is 1.10 bits per heavy atom. The van der Waals surface area contributed by atoms with E-state index in [4.69, 9.17) is 0 Å². The number of para-hydroxylation sites is 1. The number of benzene rings is 2. The standard InChI is InChI=1S/C23H27N3O3S2/c1-4-26-20-10-5-6-11-21(20)30-23(26)24-22(27)18-8-7-9-19(13-18)31(28,29)25-14-16(2)12-17(3)15-25/h5-11,13,16-17H,4,12,14-15H2,1-3H3/t16-,17-/m0/s1. The van der Waals surface area contributed by atoms with Gasteiger partial charge in [0.25, 0.3) is 5.91 Å². The van der Waals surface area contributed by atoms with Gasteiger partial charge in [-0.05, 0) is 55.5 Å². The van der Waals surface area contributed by atoms with E-state index in [2.05, 4.69) is 18.8 Å². The first kappa shape index (κ1) is 21.9. The van der Waals surface area contributed by atoms with Gasteiger partial charge in [-0.3, -0.25) is 4.79 Å². The topological polar surface area (TPSA) is 71.7 Å². The zero-order valence-electron chi connectivity index (χ0n) is 18.0. The first-order chi connectivity index (χ1) is 14.8. The highest BCUT2D eigenvalue weighted by atomic mass is 32.2. The number of nitrogens with zero attached hydrogens (tertiary/aromatic N) is 3. The lowest BCUT2D eigenvalue weighted by Gasteiger charge is -2.34. The van der Waals surface area contributed by atoms with Crippen molar-refractivity contribution in [3.63, 3.8) is 0 Å². The molecule has 1 aliphatic rings. The van der Waals surface area contributed by atoms with E-state index in [1.165, 1.54) is 17.4 Å². The molecule has 2 aromatic carbocycles. The van der Waals surface area contributed by atoms with Crippen molar-refractivity contribution in [1.82, 2.24) is 8.87 Å². The van der Waals surface area contributed by atoms with Crippen LogP contribution < -0.4 is 4.80 Å². The van der Waals surface area contributed by atoms with Crippen LogP contribution in [0.15, 0.2) is 58.4 Å². The van der Waals surface area contributed by atoms with Gasteiger partial charge in [0.15, 0.2) is 4.80 Å². The number of carbonyl (C=O) groups excluding carboxylic acids is 1. The third kappa shape index (κ3) is 4.37. The maximum atomic E-state index is 13.2. The fourth-order valence-electron chi connectivity index (χ4n) is 4.30. The minimum Gasteiger partial charge on any atom is -0.317 e. The van der Waals surface area contributed by atoms with Crippen LogP contribution in [-0.2, 0) is 16.6 Å². The van der Waals surface area contributed by atoms with Gasteiger partial charge in [-0.2, -0.15) is 9.30 Å². The summed E-state index contributed by atoms with van der Waals surface area (Å²) in [6.45, 7) is 7.86. The van der Waals surface area contributed by atoms with Crippen molar-refractivity contribution in [3.05, 3.63) is 58.9 Å². The van der Waals surface area contributed by atoms with Crippen LogP contribution in [0.3, 0.4) is 0 Å². The maximum Gasteiger partial charge on any atom is 0.279 e. The highest BCUT2D eigenvalue weighted by Crippen LogP contribution is 2.27. The van der Waals surface area contributed by atoms with Gasteiger partial charge in [0, 0.05) is 25.2 Å². The second-order valence-corrected chi connectivity index (χ2v) is 11.3. The van der Waals surface area contributed by atoms with Crippen LogP contribution >= 0.6 is 11.3 Å². The fraction of sp³-hybridized carbons (Fsp3) is 0.391. The SMILES string of the molecule is CCn1c(=NC(=O)c2cccc(S(=O)(=O)N3C[C@@H](C)C[C@H](C)C3)c2)sc2ccccc21. The molecule has 164 valence electrons. The Balaban J connectivity index is 1.69. The third-order valence-corrected chi connectivity index (χ3v) is 8.54. The summed E-state index contributed by atoms with van der Waals surface area (Å²) in [4.78, 5) is 18.0. The predicted octanol–water partition coefficient (Wildman–Crippen LogP) is 4.13. The van der Waals surface area contributed by atoms with Gasteiger partial charge in [-0.1, -0.05) is 43.4 Å². The molecule has 2 atom stereocenters. The van der Waals surface area contributed by atoms with E-state index < -0.39 is 15.9 Å². The van der Waals surface area contributed by atoms with Crippen molar-refractivity contribution in [2.24, 2.45) is 16.8 Å². The Hall–Kier alpha value is -2.29. The van der Waals surface area contributed by atoms with Gasteiger partial charge in [-0.25, -0.2) is 8.42 Å². The fourth-order valence-corrected chi connectivity index (χ4v) is 7.12. The molecular weight excluding hydrogens is 430 g/mol. The zero-order valence-corrected chi connectivity index (χ0v) is 19.6. The van der Waals surface area contributed by atoms with Crippen molar-refractivity contribution in [2.45, 2.75) is 38.6 Å². The average molecular weight is 458 g/mol. The van der Waals surface area contributed by atoms with Gasteiger partial charge in [-0.15, -0.1) is 0 Å². The molecule has 0 unspecified atom stereocenters. The summed E-state index contributed by atoms with van der Waals surface area (Å²) in [6, 6.07) is 14.2. The maximum absolute atomic E-state index is 13.2. The number of thiazole rings is 1. The van der Waals surface area contributed by atoms with Crippen LogP contribution in [0, 0.1) is 11.8 Å². The Kier molecular flexibility index (Phi) is 6.14. The minimum atomic E-state index is -3.65. The molecule has 1 amide bonds. The molecule has 0 spiro atoms. The molecule has 1 fully saturated rings. The van der Waals surface area contributed by atoms with Gasteiger partial charge >= 0.3 is 0 Å². The Morgan fingerprint density at radius 2 is 1.81 bits per heavy atom. The molecule has 2 heterocycles. The van der Waals surface area contributed by atoms with Gasteiger partial charge in [0.1, 0.15) is 0 Å². The molecule has 0 N–H and O–H groups in total. The molecule has 0 aliphatic carbocycles. The molecule has 1 saturated heterocycles. The number of aromatic nitrogens is 1. The van der Waals surface area contributed by atoms with Crippen LogP contribution in [0.2, 0.25) is 0 Å². The second-order valence-electron chi connectivity index (χ2n) is 8.31. The predicted molar refractivity (Wildman–Crippen MR) is 124 cm³/mol. The second kappa shape index (κ2) is 8.68. The molecule has 6 nitrogen and oxygen atoms in total. The molecular formula is C23H27N3O3S2. The Labute approximate surface area is 186 Å². The smallest absolute Gasteiger partial charge is 0.279 e. The zero-order chi connectivity index (χ0) is 22.2. The lowest BCUT2D eigenvalue weighted by molar-refractivity contribution is 0.0997. The number of piperidine rings is 1. The molecule has 0 saturated carbocycles. The van der Waals surface area contributed by atoms with Crippen molar-refractivity contribution >= 4 is 37.5 Å². The van der Waals surface area contributed by atoms with E-state index in [1.54, 1.807) is 22.5 Å². The van der Waals surface area contributed by atoms with Crippen LogP contribution in [0.5, 0.6) is 0 Å². The van der Waals surface area contributed by atoms with E-state index >= 15 is 0 Å². The molecule has 8 heteroatoms. The van der Waals surface area contributed by atoms with Crippen molar-refractivity contribution in [3.8, 4) is 0 Å². The van der Waals surface area contributed by atoms with Gasteiger partial charge in [0.2, 0.25) is 10.0 Å². The lowest BCUT2D eigenvalue weighted by atomic mass is 9.94. The molecule has 0 bridgehead atoms. The summed E-state index contributed by atoms with van der Waals surface area (Å²) in [7, 11) is -3.65. The molecule has 1 aliphatic heterocycles. The van der Waals surface area contributed by atoms with Gasteiger partial charge in [0.05, 0.1) is 15.1 Å². The highest BCUT2D eigenvalue weighted by molar-refractivity contribution is 7.89. The first-order valence-electron chi connectivity index (χ1n) is 10.6. The lowest BCUT2D eigenvalue weighted by Crippen LogP contribution is -2.42. The Bertz CT molecular complexity index is 1280. The van der Waals surface area contributed by atoms with Crippen LogP contribution in [0.1, 0.15) is 37.6 Å². The van der Waals surface area contributed by atoms with E-state index in [0.717, 1.165) is 16.6 Å². The third-order valence-electron chi connectivity index (χ3n) is 5.66. The largest absolute Gasteiger partial charge is 0.317 e. The van der Waals surface area contributed by atoms with E-state index in [0.29, 0.717) is 36.3 Å². The first-order valence-corrected chi connectivity index (χ1v) is 12.8. The summed E-state index contributed by atoms with van der Waals surface area (Å²) >= 11 is 1.45. The van der Waals surface area contributed by atoms with E-state index in [1.807, 2.05) is 35.8 Å². The minimum absolute atomic E-state index is 0.148. The van der Waals surface area contributed by atoms with Crippen molar-refractivity contribution in [1.29, 1.82) is 0 Å². The van der Waals surface area contributed by atoms with E-state index in [-0.39, 0.29) is 10.5 Å². The number of fused-ring (bicyclic) bond motifs is 1. The van der Waals surface area contributed by atoms with E-state index in [9.17, 15) is 13.2 Å². The van der Waals surface area contributed by atoms with Crippen LogP contribution in [0.4, 0.5) is 0 Å². The monoisotopic (exact) mass is 457 g/mol.